The monoisotopic (exact) mass is 265 g/mol. The van der Waals surface area contributed by atoms with E-state index in [1.165, 1.54) is 22.7 Å². The van der Waals surface area contributed by atoms with Gasteiger partial charge in [0.15, 0.2) is 5.13 Å². The van der Waals surface area contributed by atoms with Crippen LogP contribution in [0.25, 0.3) is 22.3 Å². The number of aromatic nitrogens is 4. The van der Waals surface area contributed by atoms with Crippen molar-refractivity contribution in [1.82, 2.24) is 20.1 Å². The van der Waals surface area contributed by atoms with Crippen LogP contribution >= 0.6 is 22.7 Å². The maximum atomic E-state index is 5.63. The van der Waals surface area contributed by atoms with Gasteiger partial charge in [0.1, 0.15) is 10.6 Å². The lowest BCUT2D eigenvalue weighted by Gasteiger charge is -1.86. The summed E-state index contributed by atoms with van der Waals surface area (Å²) in [5.41, 5.74) is 8.85. The minimum atomic E-state index is 0.430. The van der Waals surface area contributed by atoms with E-state index < -0.39 is 0 Å². The molecule has 2 N–H and O–H groups in total. The number of anilines is 1. The summed E-state index contributed by atoms with van der Waals surface area (Å²) in [4.78, 5) is 13.3. The minimum Gasteiger partial charge on any atom is -0.375 e. The number of rotatable bonds is 2. The molecule has 0 amide bonds. The Morgan fingerprint density at radius 1 is 1.35 bits per heavy atom. The lowest BCUT2D eigenvalue weighted by atomic mass is 10.4. The van der Waals surface area contributed by atoms with Crippen LogP contribution < -0.4 is 5.73 Å². The van der Waals surface area contributed by atoms with Gasteiger partial charge in [0.05, 0.1) is 11.2 Å². The van der Waals surface area contributed by atoms with Gasteiger partial charge >= 0.3 is 0 Å². The van der Waals surface area contributed by atoms with Gasteiger partial charge in [-0.05, 0) is 6.92 Å². The molecule has 0 atom stereocenters. The van der Waals surface area contributed by atoms with E-state index in [-0.39, 0.29) is 0 Å². The number of nitrogens with two attached hydrogens (primary N) is 1. The molecule has 3 rings (SSSR count). The molecule has 86 valence electrons. The van der Waals surface area contributed by atoms with Gasteiger partial charge in [-0.3, -0.25) is 0 Å². The third kappa shape index (κ3) is 1.81. The summed E-state index contributed by atoms with van der Waals surface area (Å²) < 4.78 is 5.19. The molecule has 8 heteroatoms. The summed E-state index contributed by atoms with van der Waals surface area (Å²) in [7, 11) is 0. The first kappa shape index (κ1) is 10.4. The van der Waals surface area contributed by atoms with Crippen LogP contribution in [0.4, 0.5) is 5.13 Å². The van der Waals surface area contributed by atoms with Crippen LogP contribution in [0, 0.1) is 6.92 Å². The molecule has 0 saturated heterocycles. The summed E-state index contributed by atoms with van der Waals surface area (Å²) in [5, 5.41) is 6.24. The molecule has 0 bridgehead atoms. The van der Waals surface area contributed by atoms with Gasteiger partial charge in [-0.1, -0.05) is 16.5 Å². The van der Waals surface area contributed by atoms with Crippen molar-refractivity contribution in [3.8, 4) is 22.3 Å². The fourth-order valence-electron chi connectivity index (χ4n) is 1.36. The summed E-state index contributed by atoms with van der Waals surface area (Å²) in [6, 6.07) is 0. The zero-order chi connectivity index (χ0) is 11.8. The Morgan fingerprint density at radius 3 is 2.88 bits per heavy atom. The number of hydrogen-bond acceptors (Lipinski definition) is 8. The second-order valence-corrected chi connectivity index (χ2v) is 5.01. The molecular weight excluding hydrogens is 258 g/mol. The molecule has 0 unspecified atom stereocenters. The first-order valence-corrected chi connectivity index (χ1v) is 6.45. The number of aryl methyl sites for hydroxylation is 1. The average molecular weight is 265 g/mol. The number of nitrogen functional groups attached to an aromatic ring is 1. The van der Waals surface area contributed by atoms with E-state index in [9.17, 15) is 0 Å². The second-order valence-electron chi connectivity index (χ2n) is 3.26. The van der Waals surface area contributed by atoms with Crippen LogP contribution in [0.5, 0.6) is 0 Å². The Kier molecular flexibility index (Phi) is 2.37. The molecule has 0 aromatic carbocycles. The standard InChI is InChI=1S/C9H7N5OS2/c1-4-6(17-9(10)12-4)8-13-7(14-15-8)5-2-16-3-11-5/h2-3H,1H3,(H2,10,12). The van der Waals surface area contributed by atoms with Crippen molar-refractivity contribution in [3.63, 3.8) is 0 Å². The molecule has 3 heterocycles. The van der Waals surface area contributed by atoms with E-state index >= 15 is 0 Å². The first-order chi connectivity index (χ1) is 8.24. The van der Waals surface area contributed by atoms with Gasteiger partial charge in [-0.2, -0.15) is 4.98 Å². The van der Waals surface area contributed by atoms with Gasteiger partial charge in [0.2, 0.25) is 5.82 Å². The van der Waals surface area contributed by atoms with Crippen LogP contribution in [0.15, 0.2) is 15.4 Å². The van der Waals surface area contributed by atoms with Gasteiger partial charge < -0.3 is 10.3 Å². The highest BCUT2D eigenvalue weighted by Crippen LogP contribution is 2.31. The van der Waals surface area contributed by atoms with Crippen molar-refractivity contribution in [2.75, 3.05) is 5.73 Å². The van der Waals surface area contributed by atoms with Crippen molar-refractivity contribution in [1.29, 1.82) is 0 Å². The molecule has 0 aliphatic carbocycles. The van der Waals surface area contributed by atoms with Gasteiger partial charge in [0.25, 0.3) is 5.89 Å². The molecular formula is C9H7N5OS2. The molecule has 0 aliphatic rings. The minimum absolute atomic E-state index is 0.430. The van der Waals surface area contributed by atoms with Crippen molar-refractivity contribution in [2.45, 2.75) is 6.92 Å². The smallest absolute Gasteiger partial charge is 0.270 e. The van der Waals surface area contributed by atoms with Crippen molar-refractivity contribution < 1.29 is 4.52 Å². The van der Waals surface area contributed by atoms with E-state index in [1.54, 1.807) is 5.51 Å². The predicted molar refractivity (Wildman–Crippen MR) is 65.7 cm³/mol. The third-order valence-electron chi connectivity index (χ3n) is 2.09. The second kappa shape index (κ2) is 3.90. The highest BCUT2D eigenvalue weighted by atomic mass is 32.1. The van der Waals surface area contributed by atoms with Crippen LogP contribution in [0.1, 0.15) is 5.69 Å². The molecule has 0 aliphatic heterocycles. The summed E-state index contributed by atoms with van der Waals surface area (Å²) in [5.74, 6) is 0.910. The summed E-state index contributed by atoms with van der Waals surface area (Å²) >= 11 is 2.81. The number of nitrogens with zero attached hydrogens (tertiary/aromatic N) is 4. The van der Waals surface area contributed by atoms with Gasteiger partial charge in [0, 0.05) is 5.38 Å². The van der Waals surface area contributed by atoms with E-state index in [2.05, 4.69) is 20.1 Å². The van der Waals surface area contributed by atoms with Crippen LogP contribution in [-0.2, 0) is 0 Å². The van der Waals surface area contributed by atoms with E-state index in [0.29, 0.717) is 22.5 Å². The quantitative estimate of drug-likeness (QED) is 0.763. The average Bonchev–Trinajstić information content (AvgIpc) is 2.97. The lowest BCUT2D eigenvalue weighted by Crippen LogP contribution is -1.81. The van der Waals surface area contributed by atoms with Gasteiger partial charge in [-0.25, -0.2) is 9.97 Å². The Morgan fingerprint density at radius 2 is 2.24 bits per heavy atom. The van der Waals surface area contributed by atoms with Crippen molar-refractivity contribution in [3.05, 3.63) is 16.6 Å². The molecule has 3 aromatic rings. The highest BCUT2D eigenvalue weighted by molar-refractivity contribution is 7.18. The summed E-state index contributed by atoms with van der Waals surface area (Å²) in [6.45, 7) is 1.86. The van der Waals surface area contributed by atoms with Crippen LogP contribution in [-0.4, -0.2) is 20.1 Å². The zero-order valence-corrected chi connectivity index (χ0v) is 10.4. The highest BCUT2D eigenvalue weighted by Gasteiger charge is 2.16. The van der Waals surface area contributed by atoms with E-state index in [1.807, 2.05) is 12.3 Å². The fraction of sp³-hybridized carbons (Fsp3) is 0.111. The predicted octanol–water partition coefficient (Wildman–Crippen LogP) is 2.21. The Hall–Kier alpha value is -1.80. The molecule has 0 radical (unpaired) electrons. The Labute approximate surface area is 104 Å². The molecule has 17 heavy (non-hydrogen) atoms. The van der Waals surface area contributed by atoms with E-state index in [0.717, 1.165) is 10.6 Å². The zero-order valence-electron chi connectivity index (χ0n) is 8.75. The van der Waals surface area contributed by atoms with Crippen LogP contribution in [0.3, 0.4) is 0 Å². The maximum absolute atomic E-state index is 5.63. The molecule has 6 nitrogen and oxygen atoms in total. The molecule has 0 saturated carbocycles. The number of thiazole rings is 2. The van der Waals surface area contributed by atoms with E-state index in [4.69, 9.17) is 10.3 Å². The van der Waals surface area contributed by atoms with Crippen molar-refractivity contribution >= 4 is 27.8 Å². The fourth-order valence-corrected chi connectivity index (χ4v) is 2.64. The molecule has 0 spiro atoms. The molecule has 0 fully saturated rings. The van der Waals surface area contributed by atoms with Crippen LogP contribution in [0.2, 0.25) is 0 Å². The molecule has 3 aromatic heterocycles. The lowest BCUT2D eigenvalue weighted by molar-refractivity contribution is 0.433. The normalized spacial score (nSPS) is 10.9. The third-order valence-corrected chi connectivity index (χ3v) is 3.66. The topological polar surface area (TPSA) is 90.7 Å². The summed E-state index contributed by atoms with van der Waals surface area (Å²) in [6.07, 6.45) is 0. The van der Waals surface area contributed by atoms with Gasteiger partial charge in [-0.15, -0.1) is 11.3 Å². The first-order valence-electron chi connectivity index (χ1n) is 4.69. The largest absolute Gasteiger partial charge is 0.375 e. The van der Waals surface area contributed by atoms with Crippen molar-refractivity contribution in [2.24, 2.45) is 0 Å². The maximum Gasteiger partial charge on any atom is 0.270 e. The SMILES string of the molecule is Cc1nc(N)sc1-c1nc(-c2cscn2)no1. The number of hydrogen-bond donors (Lipinski definition) is 1. The Balaban J connectivity index is 2.03. The Bertz CT molecular complexity index is 642.